The van der Waals surface area contributed by atoms with Crippen LogP contribution < -0.4 is 0 Å². The lowest BCUT2D eigenvalue weighted by Gasteiger charge is -2.35. The summed E-state index contributed by atoms with van der Waals surface area (Å²) in [7, 11) is 0. The maximum atomic E-state index is 12.4. The van der Waals surface area contributed by atoms with E-state index < -0.39 is 0 Å². The maximum absolute atomic E-state index is 12.4. The van der Waals surface area contributed by atoms with Crippen LogP contribution in [0, 0.1) is 11.8 Å². The van der Waals surface area contributed by atoms with Gasteiger partial charge < -0.3 is 20.0 Å². The summed E-state index contributed by atoms with van der Waals surface area (Å²) in [4.78, 5) is 27.6. The lowest BCUT2D eigenvalue weighted by Crippen LogP contribution is -2.48. The minimum Gasteiger partial charge on any atom is -0.395 e. The summed E-state index contributed by atoms with van der Waals surface area (Å²) in [6.07, 6.45) is 1.58. The third-order valence-electron chi connectivity index (χ3n) is 3.63. The second-order valence-corrected chi connectivity index (χ2v) is 5.55. The van der Waals surface area contributed by atoms with Crippen LogP contribution in [0.4, 0.5) is 0 Å². The predicted molar refractivity (Wildman–Crippen MR) is 74.9 cm³/mol. The Labute approximate surface area is 120 Å². The second-order valence-electron chi connectivity index (χ2n) is 5.55. The monoisotopic (exact) mass is 286 g/mol. The van der Waals surface area contributed by atoms with Gasteiger partial charge in [0.1, 0.15) is 0 Å². The largest absolute Gasteiger partial charge is 0.395 e. The Bertz CT molecular complexity index is 327. The van der Waals surface area contributed by atoms with Crippen LogP contribution in [0.1, 0.15) is 26.7 Å². The molecule has 1 saturated heterocycles. The highest BCUT2D eigenvalue weighted by Gasteiger charge is 2.31. The van der Waals surface area contributed by atoms with Gasteiger partial charge >= 0.3 is 0 Å². The van der Waals surface area contributed by atoms with E-state index in [4.69, 9.17) is 10.2 Å². The van der Waals surface area contributed by atoms with Gasteiger partial charge in [0, 0.05) is 32.1 Å². The van der Waals surface area contributed by atoms with Crippen LogP contribution in [0.5, 0.6) is 0 Å². The molecule has 1 rings (SSSR count). The third-order valence-corrected chi connectivity index (χ3v) is 3.63. The molecule has 20 heavy (non-hydrogen) atoms. The molecule has 6 nitrogen and oxygen atoms in total. The van der Waals surface area contributed by atoms with Crippen LogP contribution in [0.15, 0.2) is 0 Å². The highest BCUT2D eigenvalue weighted by atomic mass is 16.3. The molecule has 6 heteroatoms. The number of likely N-dealkylation sites (tertiary alicyclic amines) is 1. The molecule has 0 radical (unpaired) electrons. The van der Waals surface area contributed by atoms with E-state index in [1.807, 2.05) is 13.8 Å². The molecule has 0 bridgehead atoms. The standard InChI is InChI=1S/C14H26N2O4/c1-11(2)13(19)16-5-3-4-12(10-16)14(20)15(6-8-17)7-9-18/h11-12,17-18H,3-10H2,1-2H3. The predicted octanol–water partition coefficient (Wildman–Crippen LogP) is -0.306. The van der Waals surface area contributed by atoms with E-state index in [9.17, 15) is 9.59 Å². The van der Waals surface area contributed by atoms with Crippen molar-refractivity contribution in [1.29, 1.82) is 0 Å². The van der Waals surface area contributed by atoms with E-state index >= 15 is 0 Å². The van der Waals surface area contributed by atoms with Gasteiger partial charge in [0.2, 0.25) is 11.8 Å². The SMILES string of the molecule is CC(C)C(=O)N1CCCC(C(=O)N(CCO)CCO)C1. The molecule has 1 unspecified atom stereocenters. The molecular weight excluding hydrogens is 260 g/mol. The molecule has 0 spiro atoms. The lowest BCUT2D eigenvalue weighted by atomic mass is 9.95. The number of hydrogen-bond acceptors (Lipinski definition) is 4. The highest BCUT2D eigenvalue weighted by molar-refractivity contribution is 5.82. The maximum Gasteiger partial charge on any atom is 0.227 e. The normalized spacial score (nSPS) is 19.2. The first-order chi connectivity index (χ1) is 9.51. The van der Waals surface area contributed by atoms with Crippen molar-refractivity contribution in [3.8, 4) is 0 Å². The van der Waals surface area contributed by atoms with Gasteiger partial charge in [-0.25, -0.2) is 0 Å². The molecule has 116 valence electrons. The van der Waals surface area contributed by atoms with Crippen molar-refractivity contribution in [2.24, 2.45) is 11.8 Å². The van der Waals surface area contributed by atoms with Crippen LogP contribution in [0.2, 0.25) is 0 Å². The average Bonchev–Trinajstić information content (AvgIpc) is 2.45. The molecule has 1 atom stereocenters. The lowest BCUT2D eigenvalue weighted by molar-refractivity contribution is -0.143. The number of aliphatic hydroxyl groups excluding tert-OH is 2. The molecule has 0 aromatic heterocycles. The fourth-order valence-corrected chi connectivity index (χ4v) is 2.58. The van der Waals surface area contributed by atoms with Crippen molar-refractivity contribution >= 4 is 11.8 Å². The van der Waals surface area contributed by atoms with Crippen molar-refractivity contribution in [3.05, 3.63) is 0 Å². The zero-order valence-electron chi connectivity index (χ0n) is 12.4. The van der Waals surface area contributed by atoms with Crippen LogP contribution >= 0.6 is 0 Å². The van der Waals surface area contributed by atoms with Crippen LogP contribution in [0.25, 0.3) is 0 Å². The van der Waals surface area contributed by atoms with Gasteiger partial charge in [-0.1, -0.05) is 13.8 Å². The summed E-state index contributed by atoms with van der Waals surface area (Å²) in [6, 6.07) is 0. The van der Waals surface area contributed by atoms with Gasteiger partial charge in [-0.2, -0.15) is 0 Å². The first-order valence-electron chi connectivity index (χ1n) is 7.30. The molecule has 2 amide bonds. The molecule has 0 aromatic carbocycles. The van der Waals surface area contributed by atoms with E-state index in [0.717, 1.165) is 12.8 Å². The molecule has 0 saturated carbocycles. The van der Waals surface area contributed by atoms with Gasteiger partial charge in [0.15, 0.2) is 0 Å². The minimum absolute atomic E-state index is 0.0603. The van der Waals surface area contributed by atoms with Crippen molar-refractivity contribution < 1.29 is 19.8 Å². The van der Waals surface area contributed by atoms with Crippen molar-refractivity contribution in [2.75, 3.05) is 39.4 Å². The molecule has 1 heterocycles. The van der Waals surface area contributed by atoms with Gasteiger partial charge in [0.05, 0.1) is 19.1 Å². The summed E-state index contributed by atoms with van der Waals surface area (Å²) < 4.78 is 0. The summed E-state index contributed by atoms with van der Waals surface area (Å²) in [5.74, 6) is -0.271. The Morgan fingerprint density at radius 1 is 1.25 bits per heavy atom. The number of rotatable bonds is 6. The highest BCUT2D eigenvalue weighted by Crippen LogP contribution is 2.20. The molecular formula is C14H26N2O4. The molecule has 0 aliphatic carbocycles. The Hall–Kier alpha value is -1.14. The minimum atomic E-state index is -0.218. The molecule has 2 N–H and O–H groups in total. The zero-order chi connectivity index (χ0) is 15.1. The van der Waals surface area contributed by atoms with E-state index in [2.05, 4.69) is 0 Å². The van der Waals surface area contributed by atoms with Gasteiger partial charge in [-0.15, -0.1) is 0 Å². The van der Waals surface area contributed by atoms with Crippen LogP contribution in [0.3, 0.4) is 0 Å². The Balaban J connectivity index is 2.65. The number of piperidine rings is 1. The zero-order valence-corrected chi connectivity index (χ0v) is 12.4. The molecule has 1 fully saturated rings. The first kappa shape index (κ1) is 16.9. The Morgan fingerprint density at radius 2 is 1.85 bits per heavy atom. The molecule has 1 aliphatic heterocycles. The topological polar surface area (TPSA) is 81.1 Å². The smallest absolute Gasteiger partial charge is 0.227 e. The van der Waals surface area contributed by atoms with E-state index in [-0.39, 0.29) is 50.0 Å². The second kappa shape index (κ2) is 8.21. The van der Waals surface area contributed by atoms with E-state index in [0.29, 0.717) is 13.1 Å². The number of carbonyl (C=O) groups is 2. The van der Waals surface area contributed by atoms with E-state index in [1.54, 1.807) is 4.90 Å². The number of carbonyl (C=O) groups excluding carboxylic acids is 2. The molecule has 0 aromatic rings. The fourth-order valence-electron chi connectivity index (χ4n) is 2.58. The van der Waals surface area contributed by atoms with Crippen molar-refractivity contribution in [2.45, 2.75) is 26.7 Å². The summed E-state index contributed by atoms with van der Waals surface area (Å²) in [5.41, 5.74) is 0. The third kappa shape index (κ3) is 4.45. The number of amides is 2. The summed E-state index contributed by atoms with van der Waals surface area (Å²) in [6.45, 7) is 5.10. The van der Waals surface area contributed by atoms with Gasteiger partial charge in [0.25, 0.3) is 0 Å². The number of aliphatic hydroxyl groups is 2. The van der Waals surface area contributed by atoms with Gasteiger partial charge in [-0.05, 0) is 12.8 Å². The first-order valence-corrected chi connectivity index (χ1v) is 7.30. The Kier molecular flexibility index (Phi) is 6.95. The van der Waals surface area contributed by atoms with Gasteiger partial charge in [-0.3, -0.25) is 9.59 Å². The van der Waals surface area contributed by atoms with Crippen molar-refractivity contribution in [3.63, 3.8) is 0 Å². The van der Waals surface area contributed by atoms with E-state index in [1.165, 1.54) is 4.90 Å². The van der Waals surface area contributed by atoms with Crippen LogP contribution in [-0.2, 0) is 9.59 Å². The molecule has 1 aliphatic rings. The summed E-state index contributed by atoms with van der Waals surface area (Å²) >= 11 is 0. The fraction of sp³-hybridized carbons (Fsp3) is 0.857. The summed E-state index contributed by atoms with van der Waals surface area (Å²) in [5, 5.41) is 18.0. The number of hydrogen-bond donors (Lipinski definition) is 2. The van der Waals surface area contributed by atoms with Crippen molar-refractivity contribution in [1.82, 2.24) is 9.80 Å². The quantitative estimate of drug-likeness (QED) is 0.702. The number of nitrogens with zero attached hydrogens (tertiary/aromatic N) is 2. The average molecular weight is 286 g/mol. The van der Waals surface area contributed by atoms with Crippen LogP contribution in [-0.4, -0.2) is 71.2 Å². The Morgan fingerprint density at radius 3 is 2.35 bits per heavy atom.